The van der Waals surface area contributed by atoms with Crippen LogP contribution in [-0.2, 0) is 16.1 Å². The number of aliphatic hydroxyl groups is 1. The highest BCUT2D eigenvalue weighted by Gasteiger charge is 2.26. The van der Waals surface area contributed by atoms with Gasteiger partial charge in [-0.1, -0.05) is 26.0 Å². The molecule has 1 aromatic carbocycles. The van der Waals surface area contributed by atoms with Gasteiger partial charge in [-0.3, -0.25) is 0 Å². The zero-order chi connectivity index (χ0) is 18.2. The molecule has 1 amide bonds. The molecule has 3 atom stereocenters. The fourth-order valence-electron chi connectivity index (χ4n) is 2.77. The highest BCUT2D eigenvalue weighted by Crippen LogP contribution is 2.12. The zero-order valence-corrected chi connectivity index (χ0v) is 14.7. The first kappa shape index (κ1) is 19.6. The summed E-state index contributed by atoms with van der Waals surface area (Å²) in [4.78, 5) is 12.0. The zero-order valence-electron chi connectivity index (χ0n) is 14.7. The molecular weight excluding hydrogens is 327 g/mol. The Morgan fingerprint density at radius 1 is 1.40 bits per heavy atom. The molecule has 140 valence electrons. The lowest BCUT2D eigenvalue weighted by Crippen LogP contribution is -2.47. The number of carbonyl (C=O) groups excluding carboxylic acids is 1. The van der Waals surface area contributed by atoms with Crippen LogP contribution in [0.2, 0.25) is 0 Å². The van der Waals surface area contributed by atoms with E-state index in [1.165, 1.54) is 12.1 Å². The quantitative estimate of drug-likeness (QED) is 0.667. The molecule has 0 spiro atoms. The van der Waals surface area contributed by atoms with Crippen LogP contribution in [0.5, 0.6) is 0 Å². The van der Waals surface area contributed by atoms with Gasteiger partial charge in [0.05, 0.1) is 12.6 Å². The van der Waals surface area contributed by atoms with E-state index >= 15 is 0 Å². The minimum Gasteiger partial charge on any atom is -0.445 e. The van der Waals surface area contributed by atoms with E-state index in [1.807, 2.05) is 0 Å². The maximum Gasteiger partial charge on any atom is 0.407 e. The normalized spacial score (nSPS) is 21.3. The van der Waals surface area contributed by atoms with E-state index in [4.69, 9.17) is 9.47 Å². The molecule has 1 heterocycles. The van der Waals surface area contributed by atoms with Crippen LogP contribution in [0, 0.1) is 11.7 Å². The van der Waals surface area contributed by atoms with Crippen LogP contribution < -0.4 is 10.6 Å². The van der Waals surface area contributed by atoms with E-state index in [1.54, 1.807) is 12.1 Å². The van der Waals surface area contributed by atoms with Gasteiger partial charge >= 0.3 is 6.09 Å². The SMILES string of the molecule is CC(C)C[C@H](CN[C@H]1CCOC1O)NC(=O)OCc1ccc(F)cc1. The number of benzene rings is 1. The van der Waals surface area contributed by atoms with Gasteiger partial charge in [-0.15, -0.1) is 0 Å². The summed E-state index contributed by atoms with van der Waals surface area (Å²) in [6.45, 7) is 5.29. The molecule has 0 bridgehead atoms. The van der Waals surface area contributed by atoms with E-state index in [-0.39, 0.29) is 24.5 Å². The third-order valence-electron chi connectivity index (χ3n) is 4.05. The second kappa shape index (κ2) is 9.70. The Morgan fingerprint density at radius 2 is 2.12 bits per heavy atom. The summed E-state index contributed by atoms with van der Waals surface area (Å²) in [5, 5.41) is 15.8. The van der Waals surface area contributed by atoms with Gasteiger partial charge in [0.25, 0.3) is 0 Å². The van der Waals surface area contributed by atoms with Gasteiger partial charge in [-0.25, -0.2) is 9.18 Å². The van der Waals surface area contributed by atoms with Gasteiger partial charge in [-0.2, -0.15) is 0 Å². The van der Waals surface area contributed by atoms with Crippen molar-refractivity contribution in [2.45, 2.75) is 51.7 Å². The van der Waals surface area contributed by atoms with E-state index in [2.05, 4.69) is 24.5 Å². The molecule has 1 fully saturated rings. The van der Waals surface area contributed by atoms with Crippen molar-refractivity contribution in [3.05, 3.63) is 35.6 Å². The van der Waals surface area contributed by atoms with Crippen molar-refractivity contribution in [1.29, 1.82) is 0 Å². The molecule has 1 aliphatic rings. The number of hydrogen-bond donors (Lipinski definition) is 3. The topological polar surface area (TPSA) is 79.8 Å². The number of hydrogen-bond acceptors (Lipinski definition) is 5. The average Bonchev–Trinajstić information content (AvgIpc) is 2.97. The third kappa shape index (κ3) is 6.97. The largest absolute Gasteiger partial charge is 0.445 e. The lowest BCUT2D eigenvalue weighted by Gasteiger charge is -2.23. The highest BCUT2D eigenvalue weighted by atomic mass is 19.1. The fourth-order valence-corrected chi connectivity index (χ4v) is 2.77. The molecule has 0 saturated carbocycles. The van der Waals surface area contributed by atoms with Crippen molar-refractivity contribution in [3.63, 3.8) is 0 Å². The summed E-state index contributed by atoms with van der Waals surface area (Å²) in [7, 11) is 0. The number of nitrogens with one attached hydrogen (secondary N) is 2. The minimum absolute atomic E-state index is 0.0864. The Hall–Kier alpha value is -1.70. The number of halogens is 1. The lowest BCUT2D eigenvalue weighted by molar-refractivity contribution is -0.0718. The molecule has 6 nitrogen and oxygen atoms in total. The van der Waals surface area contributed by atoms with Crippen molar-refractivity contribution in [3.8, 4) is 0 Å². The summed E-state index contributed by atoms with van der Waals surface area (Å²) < 4.78 is 23.2. The van der Waals surface area contributed by atoms with E-state index in [0.29, 0.717) is 19.1 Å². The Bertz CT molecular complexity index is 538. The summed E-state index contributed by atoms with van der Waals surface area (Å²) >= 11 is 0. The summed E-state index contributed by atoms with van der Waals surface area (Å²) in [5.74, 6) is 0.0725. The second-order valence-corrected chi connectivity index (χ2v) is 6.74. The maximum atomic E-state index is 12.9. The summed E-state index contributed by atoms with van der Waals surface area (Å²) in [6.07, 6.45) is 0.206. The molecule has 0 aliphatic carbocycles. The van der Waals surface area contributed by atoms with E-state index < -0.39 is 12.4 Å². The van der Waals surface area contributed by atoms with Crippen LogP contribution in [0.15, 0.2) is 24.3 Å². The number of aliphatic hydroxyl groups excluding tert-OH is 1. The van der Waals surface area contributed by atoms with Gasteiger partial charge in [0, 0.05) is 12.6 Å². The molecule has 2 rings (SSSR count). The Morgan fingerprint density at radius 3 is 2.72 bits per heavy atom. The van der Waals surface area contributed by atoms with Crippen LogP contribution >= 0.6 is 0 Å². The van der Waals surface area contributed by atoms with E-state index in [0.717, 1.165) is 18.4 Å². The monoisotopic (exact) mass is 354 g/mol. The highest BCUT2D eigenvalue weighted by molar-refractivity contribution is 5.67. The van der Waals surface area contributed by atoms with Gasteiger partial charge < -0.3 is 25.2 Å². The summed E-state index contributed by atoms with van der Waals surface area (Å²) in [5.41, 5.74) is 0.723. The van der Waals surface area contributed by atoms with Gasteiger partial charge in [0.15, 0.2) is 6.29 Å². The van der Waals surface area contributed by atoms with Crippen molar-refractivity contribution in [2.24, 2.45) is 5.92 Å². The molecule has 3 N–H and O–H groups in total. The van der Waals surface area contributed by atoms with Gasteiger partial charge in [-0.05, 0) is 36.5 Å². The maximum absolute atomic E-state index is 12.9. The molecule has 1 aromatic rings. The van der Waals surface area contributed by atoms with Crippen LogP contribution in [-0.4, -0.2) is 42.7 Å². The Labute approximate surface area is 147 Å². The standard InChI is InChI=1S/C18H27FN2O4/c1-12(2)9-15(10-20-16-7-8-24-17(16)22)21-18(23)25-11-13-3-5-14(19)6-4-13/h3-6,12,15-17,20,22H,7-11H2,1-2H3,(H,21,23)/t15-,16+,17?/m1/s1. The predicted octanol–water partition coefficient (Wildman–Crippen LogP) is 2.16. The average molecular weight is 354 g/mol. The predicted molar refractivity (Wildman–Crippen MR) is 91.3 cm³/mol. The van der Waals surface area contributed by atoms with Crippen molar-refractivity contribution in [1.82, 2.24) is 10.6 Å². The smallest absolute Gasteiger partial charge is 0.407 e. The molecule has 1 unspecified atom stereocenters. The molecule has 1 aliphatic heterocycles. The van der Waals surface area contributed by atoms with Crippen LogP contribution in [0.3, 0.4) is 0 Å². The molecular formula is C18H27FN2O4. The number of ether oxygens (including phenoxy) is 2. The van der Waals surface area contributed by atoms with Crippen molar-refractivity contribution >= 4 is 6.09 Å². The number of amides is 1. The first-order valence-corrected chi connectivity index (χ1v) is 8.65. The van der Waals surface area contributed by atoms with Gasteiger partial charge in [0.1, 0.15) is 12.4 Å². The van der Waals surface area contributed by atoms with Crippen LogP contribution in [0.1, 0.15) is 32.3 Å². The minimum atomic E-state index is -0.801. The molecule has 25 heavy (non-hydrogen) atoms. The molecule has 1 saturated heterocycles. The van der Waals surface area contributed by atoms with Crippen molar-refractivity contribution < 1.29 is 23.8 Å². The Balaban J connectivity index is 1.78. The lowest BCUT2D eigenvalue weighted by atomic mass is 10.0. The molecule has 7 heteroatoms. The summed E-state index contributed by atoms with van der Waals surface area (Å²) in [6, 6.07) is 5.59. The first-order valence-electron chi connectivity index (χ1n) is 8.65. The number of carbonyl (C=O) groups is 1. The van der Waals surface area contributed by atoms with Crippen LogP contribution in [0.4, 0.5) is 9.18 Å². The Kier molecular flexibility index (Phi) is 7.61. The molecule has 0 aromatic heterocycles. The van der Waals surface area contributed by atoms with Crippen LogP contribution in [0.25, 0.3) is 0 Å². The number of rotatable bonds is 8. The molecule has 0 radical (unpaired) electrons. The number of alkyl carbamates (subject to hydrolysis) is 1. The van der Waals surface area contributed by atoms with Gasteiger partial charge in [0.2, 0.25) is 0 Å². The third-order valence-corrected chi connectivity index (χ3v) is 4.05. The van der Waals surface area contributed by atoms with E-state index in [9.17, 15) is 14.3 Å². The fraction of sp³-hybridized carbons (Fsp3) is 0.611. The second-order valence-electron chi connectivity index (χ2n) is 6.74. The van der Waals surface area contributed by atoms with Crippen molar-refractivity contribution in [2.75, 3.05) is 13.2 Å². The first-order chi connectivity index (χ1) is 11.9.